The number of aryl methyl sites for hydroxylation is 6. The van der Waals surface area contributed by atoms with Crippen LogP contribution in [0, 0.1) is 41.5 Å². The van der Waals surface area contributed by atoms with Gasteiger partial charge in [0.05, 0.1) is 45.6 Å². The number of aromatic amines is 4. The molecule has 8 aromatic heterocycles. The smallest absolute Gasteiger partial charge is 2.00 e. The van der Waals surface area contributed by atoms with E-state index in [1.165, 1.54) is 33.4 Å². The zero-order valence-corrected chi connectivity index (χ0v) is 68.9. The molecule has 6 aromatic carbocycles. The van der Waals surface area contributed by atoms with E-state index < -0.39 is 0 Å². The van der Waals surface area contributed by atoms with Gasteiger partial charge in [0.2, 0.25) is 0 Å². The maximum atomic E-state index is 5.39. The van der Waals surface area contributed by atoms with Gasteiger partial charge in [0.25, 0.3) is 0 Å². The number of pyridine rings is 2. The molecule has 18 rings (SSSR count). The van der Waals surface area contributed by atoms with E-state index in [0.29, 0.717) is 0 Å². The molecule has 0 aliphatic carbocycles. The van der Waals surface area contributed by atoms with Crippen molar-refractivity contribution in [2.24, 2.45) is 0 Å². The number of fused-ring (bicyclic) bond motifs is 16. The van der Waals surface area contributed by atoms with E-state index in [1.54, 1.807) is 0 Å². The third kappa shape index (κ3) is 15.2. The number of hydrogen-bond acceptors (Lipinski definition) is 6. The molecule has 15 heteroatoms. The van der Waals surface area contributed by atoms with Crippen molar-refractivity contribution in [2.75, 3.05) is 0 Å². The fourth-order valence-corrected chi connectivity index (χ4v) is 14.2. The van der Waals surface area contributed by atoms with Crippen LogP contribution in [0.4, 0.5) is 0 Å². The molecule has 0 saturated heterocycles. The monoisotopic (exact) mass is 1620 g/mol. The molecule has 4 N–H and O–H groups in total. The van der Waals surface area contributed by atoms with Gasteiger partial charge in [-0.3, -0.25) is 9.97 Å². The molecule has 0 fully saturated rings. The van der Waals surface area contributed by atoms with Crippen molar-refractivity contribution >= 4 is 112 Å². The maximum absolute atomic E-state index is 5.39. The Labute approximate surface area is 663 Å². The molecule has 0 atom stereocenters. The van der Waals surface area contributed by atoms with Crippen molar-refractivity contribution in [1.82, 2.24) is 49.8 Å². The molecular formula is C92H70Cl2N10PdZn2+4. The third-order valence-electron chi connectivity index (χ3n) is 19.5. The zero-order chi connectivity index (χ0) is 71.7. The molecule has 12 heterocycles. The molecular weight excluding hydrogens is 1550 g/mol. The number of rotatable bonds is 8. The second-order valence-corrected chi connectivity index (χ2v) is 29.1. The molecule has 10 nitrogen and oxygen atoms in total. The number of nitrogens with zero attached hydrogens (tertiary/aromatic N) is 6. The Morgan fingerprint density at radius 2 is 0.336 bits per heavy atom. The van der Waals surface area contributed by atoms with Crippen molar-refractivity contribution in [3.8, 4) is 89.0 Å². The minimum absolute atomic E-state index is 0. The zero-order valence-electron chi connectivity index (χ0n) is 59.9. The molecule has 0 spiro atoms. The first-order valence-corrected chi connectivity index (χ1v) is 38.8. The van der Waals surface area contributed by atoms with E-state index in [4.69, 9.17) is 39.0 Å². The molecule has 4 aliphatic rings. The quantitative estimate of drug-likeness (QED) is 0.112. The van der Waals surface area contributed by atoms with Crippen LogP contribution in [0.1, 0.15) is 78.9 Å². The van der Waals surface area contributed by atoms with E-state index in [2.05, 4.69) is 314 Å². The van der Waals surface area contributed by atoms with Gasteiger partial charge >= 0.3 is 74.0 Å². The Bertz CT molecular complexity index is 5700. The SMILES string of the molecule is Cc1ccc(-c2c3nc(c(-c4ccc(C)cc4)c4ccc([nH]4)c(-c4ccc(C)cc4)c4nc(c(-c5ccncc5)c5ccc2[nH]5)C=C4)C=C3)cc1.Cc1ccc(-c2c3nc(c(-c4ccc(C)cc4)c4ccc([nH]4)c(-c4ccc(C)cc4)c4nc(c(-c5ccncc5)c5ccc2[nH]5)C=C4)C=C3)cc1.[Cl][Pd][Cl].[Zn+2].[Zn+2]. The fourth-order valence-electron chi connectivity index (χ4n) is 14.2. The van der Waals surface area contributed by atoms with Crippen LogP contribution in [0.2, 0.25) is 0 Å². The summed E-state index contributed by atoms with van der Waals surface area (Å²) in [6.45, 7) is 12.7. The van der Waals surface area contributed by atoms with Crippen molar-refractivity contribution in [2.45, 2.75) is 41.5 Å². The topological polar surface area (TPSA) is 140 Å². The normalized spacial score (nSPS) is 11.7. The van der Waals surface area contributed by atoms with Crippen LogP contribution in [0.5, 0.6) is 0 Å². The Kier molecular flexibility index (Phi) is 22.0. The first-order valence-electron chi connectivity index (χ1n) is 34.8. The van der Waals surface area contributed by atoms with Crippen LogP contribution in [0.25, 0.3) is 182 Å². The second-order valence-electron chi connectivity index (χ2n) is 26.7. The summed E-state index contributed by atoms with van der Waals surface area (Å²) >= 11 is -0.106. The van der Waals surface area contributed by atoms with Crippen LogP contribution in [-0.4, -0.2) is 49.8 Å². The van der Waals surface area contributed by atoms with E-state index in [9.17, 15) is 0 Å². The Morgan fingerprint density at radius 3 is 0.477 bits per heavy atom. The summed E-state index contributed by atoms with van der Waals surface area (Å²) in [4.78, 5) is 45.5. The number of nitrogens with one attached hydrogen (secondary N) is 4. The number of benzene rings is 6. The number of halogens is 2. The number of hydrogen-bond donors (Lipinski definition) is 4. The van der Waals surface area contributed by atoms with Crippen LogP contribution < -0.4 is 0 Å². The maximum Gasteiger partial charge on any atom is 2.00 e. The minimum Gasteiger partial charge on any atom is 2.00 e. The number of aromatic nitrogens is 10. The molecule has 0 radical (unpaired) electrons. The van der Waals surface area contributed by atoms with E-state index in [-0.39, 0.29) is 54.9 Å². The van der Waals surface area contributed by atoms with Gasteiger partial charge in [-0.15, -0.1) is 0 Å². The Hall–Kier alpha value is -10.7. The summed E-state index contributed by atoms with van der Waals surface area (Å²) in [6, 6.07) is 77.6. The van der Waals surface area contributed by atoms with Gasteiger partial charge in [0, 0.05) is 113 Å². The van der Waals surface area contributed by atoms with E-state index >= 15 is 0 Å². The van der Waals surface area contributed by atoms with Crippen LogP contribution in [-0.2, 0) is 54.9 Å². The van der Waals surface area contributed by atoms with Gasteiger partial charge in [-0.1, -0.05) is 179 Å². The predicted octanol–water partition coefficient (Wildman–Crippen LogP) is 24.7. The Morgan fingerprint density at radius 1 is 0.206 bits per heavy atom. The van der Waals surface area contributed by atoms with E-state index in [1.807, 2.05) is 49.1 Å². The fraction of sp³-hybridized carbons (Fsp3) is 0.0652. The van der Waals surface area contributed by atoms with Crippen molar-refractivity contribution in [1.29, 1.82) is 0 Å². The van der Waals surface area contributed by atoms with Gasteiger partial charge in [-0.25, -0.2) is 19.9 Å². The molecule has 16 bridgehead atoms. The van der Waals surface area contributed by atoms with Gasteiger partial charge in [0.1, 0.15) is 0 Å². The molecule has 0 unspecified atom stereocenters. The molecule has 512 valence electrons. The standard InChI is InChI=1S/2C46H35N5.2ClH.Pd.2Zn/c2*1-28-4-10-31(11-5-28)43-35-16-18-37(48-35)44(32-12-6-29(2)7-13-32)39-20-22-41(50-39)46(34-24-26-47-27-25-34)42-23-21-40(51-42)45(38-19-17-36(43)49-38)33-14-8-30(3)9-15-33;;;;;/h2*4-27,48,51H,1-3H3;2*1H;;;/q;;;;3*+2/p-2. The molecule has 0 saturated carbocycles. The van der Waals surface area contributed by atoms with E-state index in [0.717, 1.165) is 179 Å². The van der Waals surface area contributed by atoms with Crippen molar-refractivity contribution in [3.05, 3.63) is 322 Å². The molecule has 4 aliphatic heterocycles. The summed E-state index contributed by atoms with van der Waals surface area (Å²) in [5, 5.41) is 0. The minimum atomic E-state index is -0.106. The molecule has 107 heavy (non-hydrogen) atoms. The van der Waals surface area contributed by atoms with Crippen LogP contribution >= 0.6 is 19.1 Å². The summed E-state index contributed by atoms with van der Waals surface area (Å²) in [5.74, 6) is 0. The average molecular weight is 1620 g/mol. The Balaban J connectivity index is 0.000000170. The van der Waals surface area contributed by atoms with Gasteiger partial charge in [-0.05, 0) is 207 Å². The average Bonchev–Trinajstić information content (AvgIpc) is 1.63. The third-order valence-corrected chi connectivity index (χ3v) is 19.5. The summed E-state index contributed by atoms with van der Waals surface area (Å²) in [7, 11) is 9.63. The van der Waals surface area contributed by atoms with Gasteiger partial charge in [0.15, 0.2) is 0 Å². The van der Waals surface area contributed by atoms with Crippen molar-refractivity contribution < 1.29 is 54.9 Å². The molecule has 14 aromatic rings. The second kappa shape index (κ2) is 32.2. The summed E-state index contributed by atoms with van der Waals surface area (Å²) in [5.41, 5.74) is 39.2. The largest absolute Gasteiger partial charge is 2.00 e. The van der Waals surface area contributed by atoms with Gasteiger partial charge < -0.3 is 19.9 Å². The summed E-state index contributed by atoms with van der Waals surface area (Å²) in [6.07, 6.45) is 24.4. The first-order chi connectivity index (χ1) is 51.4. The number of H-pyrrole nitrogens is 4. The van der Waals surface area contributed by atoms with Crippen LogP contribution in [0.15, 0.2) is 243 Å². The molecule has 0 amide bonds. The van der Waals surface area contributed by atoms with Crippen LogP contribution in [0.3, 0.4) is 0 Å². The first kappa shape index (κ1) is 73.2. The van der Waals surface area contributed by atoms with Crippen molar-refractivity contribution in [3.63, 3.8) is 0 Å². The predicted molar refractivity (Wildman–Crippen MR) is 437 cm³/mol. The van der Waals surface area contributed by atoms with Gasteiger partial charge in [-0.2, -0.15) is 0 Å². The summed E-state index contributed by atoms with van der Waals surface area (Å²) < 4.78 is 0.